The average Bonchev–Trinajstić information content (AvgIpc) is 2.42. The second-order valence-corrected chi connectivity index (χ2v) is 5.18. The van der Waals surface area contributed by atoms with Gasteiger partial charge in [0.1, 0.15) is 0 Å². The Bertz CT molecular complexity index is 624. The van der Waals surface area contributed by atoms with Crippen LogP contribution in [0.5, 0.6) is 0 Å². The molecule has 3 rings (SSSR count). The van der Waals surface area contributed by atoms with Crippen LogP contribution in [-0.2, 0) is 6.54 Å². The third kappa shape index (κ3) is 2.49. The fraction of sp³-hybridized carbons (Fsp3) is 0.188. The lowest BCUT2D eigenvalue weighted by molar-refractivity contribution is 0.0979. The fourth-order valence-electron chi connectivity index (χ4n) is 2.50. The van der Waals surface area contributed by atoms with E-state index in [0.29, 0.717) is 6.42 Å². The number of halogens is 1. The van der Waals surface area contributed by atoms with Crippen molar-refractivity contribution < 1.29 is 4.79 Å². The molecule has 0 atom stereocenters. The zero-order chi connectivity index (χ0) is 13.2. The van der Waals surface area contributed by atoms with Gasteiger partial charge in [-0.1, -0.05) is 35.9 Å². The summed E-state index contributed by atoms with van der Waals surface area (Å²) < 4.78 is 0. The highest BCUT2D eigenvalue weighted by atomic mass is 35.5. The zero-order valence-corrected chi connectivity index (χ0v) is 11.2. The van der Waals surface area contributed by atoms with Crippen LogP contribution >= 0.6 is 11.6 Å². The van der Waals surface area contributed by atoms with Crippen LogP contribution in [0.1, 0.15) is 22.3 Å². The monoisotopic (exact) mass is 271 g/mol. The van der Waals surface area contributed by atoms with Crippen molar-refractivity contribution in [2.75, 3.05) is 11.4 Å². The molecular formula is C16H14ClNO. The van der Waals surface area contributed by atoms with E-state index in [9.17, 15) is 4.79 Å². The van der Waals surface area contributed by atoms with Gasteiger partial charge in [0.25, 0.3) is 0 Å². The van der Waals surface area contributed by atoms with Crippen LogP contribution in [0.4, 0.5) is 5.69 Å². The maximum atomic E-state index is 11.9. The maximum Gasteiger partial charge on any atom is 0.166 e. The fourth-order valence-corrected chi connectivity index (χ4v) is 2.71. The van der Waals surface area contributed by atoms with Crippen molar-refractivity contribution in [2.24, 2.45) is 0 Å². The number of carbonyl (C=O) groups excluding carboxylic acids is 1. The number of hydrogen-bond acceptors (Lipinski definition) is 2. The molecule has 3 heteroatoms. The number of ketones is 1. The van der Waals surface area contributed by atoms with Gasteiger partial charge in [0.2, 0.25) is 0 Å². The lowest BCUT2D eigenvalue weighted by atomic mass is 10.00. The predicted molar refractivity (Wildman–Crippen MR) is 77.9 cm³/mol. The average molecular weight is 272 g/mol. The Morgan fingerprint density at radius 2 is 1.95 bits per heavy atom. The molecule has 0 aliphatic carbocycles. The zero-order valence-electron chi connectivity index (χ0n) is 10.5. The van der Waals surface area contributed by atoms with Crippen molar-refractivity contribution >= 4 is 23.1 Å². The highest BCUT2D eigenvalue weighted by molar-refractivity contribution is 6.30. The molecule has 0 spiro atoms. The van der Waals surface area contributed by atoms with Crippen molar-refractivity contribution in [2.45, 2.75) is 13.0 Å². The number of Topliss-reactive ketones (excluding diaryl/α,β-unsaturated/α-hetero) is 1. The van der Waals surface area contributed by atoms with E-state index >= 15 is 0 Å². The molecule has 0 N–H and O–H groups in total. The third-order valence-electron chi connectivity index (χ3n) is 3.42. The van der Waals surface area contributed by atoms with Crippen LogP contribution in [0, 0.1) is 0 Å². The molecule has 1 heterocycles. The Labute approximate surface area is 117 Å². The predicted octanol–water partition coefficient (Wildman–Crippen LogP) is 3.93. The van der Waals surface area contributed by atoms with Crippen molar-refractivity contribution in [1.82, 2.24) is 0 Å². The number of para-hydroxylation sites is 1. The first-order valence-electron chi connectivity index (χ1n) is 6.35. The Morgan fingerprint density at radius 3 is 2.79 bits per heavy atom. The van der Waals surface area contributed by atoms with E-state index in [-0.39, 0.29) is 5.78 Å². The molecule has 2 nitrogen and oxygen atoms in total. The highest BCUT2D eigenvalue weighted by Crippen LogP contribution is 2.28. The van der Waals surface area contributed by atoms with Gasteiger partial charge in [-0.05, 0) is 29.8 Å². The summed E-state index contributed by atoms with van der Waals surface area (Å²) in [6.07, 6.45) is 0.581. The molecule has 0 bridgehead atoms. The third-order valence-corrected chi connectivity index (χ3v) is 3.65. The molecule has 0 radical (unpaired) electrons. The number of hydrogen-bond donors (Lipinski definition) is 0. The lowest BCUT2D eigenvalue weighted by Gasteiger charge is -2.30. The minimum Gasteiger partial charge on any atom is -0.366 e. The van der Waals surface area contributed by atoms with Crippen molar-refractivity contribution in [3.8, 4) is 0 Å². The van der Waals surface area contributed by atoms with Gasteiger partial charge in [0.05, 0.1) is 0 Å². The number of anilines is 1. The lowest BCUT2D eigenvalue weighted by Crippen LogP contribution is -2.31. The van der Waals surface area contributed by atoms with Crippen molar-refractivity contribution in [1.29, 1.82) is 0 Å². The smallest absolute Gasteiger partial charge is 0.166 e. The summed E-state index contributed by atoms with van der Waals surface area (Å²) >= 11 is 6.01. The van der Waals surface area contributed by atoms with E-state index in [4.69, 9.17) is 11.6 Å². The van der Waals surface area contributed by atoms with E-state index in [0.717, 1.165) is 34.9 Å². The molecule has 19 heavy (non-hydrogen) atoms. The molecule has 0 unspecified atom stereocenters. The molecule has 0 amide bonds. The van der Waals surface area contributed by atoms with Crippen LogP contribution in [0.15, 0.2) is 48.5 Å². The second kappa shape index (κ2) is 5.06. The van der Waals surface area contributed by atoms with E-state index in [1.807, 2.05) is 42.5 Å². The van der Waals surface area contributed by atoms with Crippen LogP contribution in [-0.4, -0.2) is 12.3 Å². The summed E-state index contributed by atoms with van der Waals surface area (Å²) in [6, 6.07) is 15.7. The first-order valence-corrected chi connectivity index (χ1v) is 6.73. The van der Waals surface area contributed by atoms with Crippen molar-refractivity contribution in [3.63, 3.8) is 0 Å². The summed E-state index contributed by atoms with van der Waals surface area (Å²) in [4.78, 5) is 14.1. The summed E-state index contributed by atoms with van der Waals surface area (Å²) in [5.41, 5.74) is 3.02. The highest BCUT2D eigenvalue weighted by Gasteiger charge is 2.22. The molecule has 0 saturated heterocycles. The van der Waals surface area contributed by atoms with E-state index in [2.05, 4.69) is 11.0 Å². The van der Waals surface area contributed by atoms with Gasteiger partial charge in [0.15, 0.2) is 5.78 Å². The van der Waals surface area contributed by atoms with E-state index in [1.165, 1.54) is 0 Å². The van der Waals surface area contributed by atoms with Gasteiger partial charge in [-0.2, -0.15) is 0 Å². The Balaban J connectivity index is 1.91. The second-order valence-electron chi connectivity index (χ2n) is 4.74. The first-order chi connectivity index (χ1) is 9.24. The maximum absolute atomic E-state index is 11.9. The largest absolute Gasteiger partial charge is 0.366 e. The molecule has 0 saturated carbocycles. The van der Waals surface area contributed by atoms with Gasteiger partial charge in [0, 0.05) is 35.8 Å². The Kier molecular flexibility index (Phi) is 3.26. The Morgan fingerprint density at radius 1 is 1.11 bits per heavy atom. The molecular weight excluding hydrogens is 258 g/mol. The standard InChI is InChI=1S/C16H14ClNO/c17-13-5-3-4-12(10-13)11-18-9-8-16(19)14-6-1-2-7-15(14)18/h1-7,10H,8-9,11H2. The first kappa shape index (κ1) is 12.2. The summed E-state index contributed by atoms with van der Waals surface area (Å²) in [7, 11) is 0. The van der Waals surface area contributed by atoms with E-state index < -0.39 is 0 Å². The van der Waals surface area contributed by atoms with Gasteiger partial charge >= 0.3 is 0 Å². The topological polar surface area (TPSA) is 20.3 Å². The van der Waals surface area contributed by atoms with Crippen LogP contribution in [0.2, 0.25) is 5.02 Å². The molecule has 2 aromatic rings. The molecule has 0 aromatic heterocycles. The van der Waals surface area contributed by atoms with Crippen molar-refractivity contribution in [3.05, 3.63) is 64.7 Å². The molecule has 1 aliphatic rings. The normalized spacial score (nSPS) is 14.4. The minimum atomic E-state index is 0.234. The molecule has 1 aliphatic heterocycles. The van der Waals surface area contributed by atoms with Gasteiger partial charge in [-0.15, -0.1) is 0 Å². The SMILES string of the molecule is O=C1CCN(Cc2cccc(Cl)c2)c2ccccc21. The molecule has 96 valence electrons. The summed E-state index contributed by atoms with van der Waals surface area (Å²) in [5.74, 6) is 0.234. The molecule has 2 aromatic carbocycles. The van der Waals surface area contributed by atoms with Gasteiger partial charge < -0.3 is 4.90 Å². The summed E-state index contributed by atoms with van der Waals surface area (Å²) in [6.45, 7) is 1.55. The van der Waals surface area contributed by atoms with Gasteiger partial charge in [-0.3, -0.25) is 4.79 Å². The van der Waals surface area contributed by atoms with Gasteiger partial charge in [-0.25, -0.2) is 0 Å². The summed E-state index contributed by atoms with van der Waals surface area (Å²) in [5, 5.41) is 0.749. The van der Waals surface area contributed by atoms with Crippen LogP contribution in [0.25, 0.3) is 0 Å². The number of carbonyl (C=O) groups is 1. The van der Waals surface area contributed by atoms with Crippen LogP contribution < -0.4 is 4.90 Å². The number of rotatable bonds is 2. The number of fused-ring (bicyclic) bond motifs is 1. The Hall–Kier alpha value is -1.80. The minimum absolute atomic E-state index is 0.234. The molecule has 0 fully saturated rings. The number of benzene rings is 2. The van der Waals surface area contributed by atoms with Crippen LogP contribution in [0.3, 0.4) is 0 Å². The quantitative estimate of drug-likeness (QED) is 0.825. The van der Waals surface area contributed by atoms with E-state index in [1.54, 1.807) is 0 Å². The number of nitrogens with zero attached hydrogens (tertiary/aromatic N) is 1.